The van der Waals surface area contributed by atoms with E-state index >= 15 is 0 Å². The van der Waals surface area contributed by atoms with Gasteiger partial charge in [0.15, 0.2) is 0 Å². The van der Waals surface area contributed by atoms with E-state index in [2.05, 4.69) is 5.32 Å². The molecule has 1 aromatic heterocycles. The molecule has 4 nitrogen and oxygen atoms in total. The molecule has 0 radical (unpaired) electrons. The van der Waals surface area contributed by atoms with E-state index in [9.17, 15) is 5.11 Å². The second-order valence-corrected chi connectivity index (χ2v) is 4.38. The summed E-state index contributed by atoms with van der Waals surface area (Å²) in [7, 11) is 3.82. The fraction of sp³-hybridized carbons (Fsp3) is 0.429. The topological polar surface area (TPSA) is 46.4 Å². The zero-order valence-electron chi connectivity index (χ0n) is 11.1. The fourth-order valence-electron chi connectivity index (χ4n) is 2.23. The molecular formula is C14H20N2O2. The Kier molecular flexibility index (Phi) is 3.89. The number of ether oxygens (including phenoxy) is 1. The number of aliphatic hydroxyl groups is 1. The van der Waals surface area contributed by atoms with E-state index in [1.165, 1.54) is 0 Å². The molecular weight excluding hydrogens is 228 g/mol. The summed E-state index contributed by atoms with van der Waals surface area (Å²) in [4.78, 5) is 0. The van der Waals surface area contributed by atoms with Crippen molar-refractivity contribution < 1.29 is 9.84 Å². The molecule has 0 bridgehead atoms. The quantitative estimate of drug-likeness (QED) is 0.848. The predicted molar refractivity (Wildman–Crippen MR) is 73.0 cm³/mol. The number of fused-ring (bicyclic) bond motifs is 1. The van der Waals surface area contributed by atoms with Crippen molar-refractivity contribution in [1.29, 1.82) is 0 Å². The Bertz CT molecular complexity index is 534. The maximum Gasteiger partial charge on any atom is 0.120 e. The van der Waals surface area contributed by atoms with Crippen LogP contribution in [-0.4, -0.2) is 29.9 Å². The molecule has 0 amide bonds. The van der Waals surface area contributed by atoms with Crippen LogP contribution >= 0.6 is 0 Å². The van der Waals surface area contributed by atoms with Crippen LogP contribution in [0, 0.1) is 0 Å². The maximum absolute atomic E-state index is 10.1. The molecule has 0 fully saturated rings. The van der Waals surface area contributed by atoms with Gasteiger partial charge in [-0.1, -0.05) is 0 Å². The summed E-state index contributed by atoms with van der Waals surface area (Å²) in [6.07, 6.45) is 1.47. The van der Waals surface area contributed by atoms with Crippen LogP contribution in [0.15, 0.2) is 24.4 Å². The third kappa shape index (κ3) is 2.35. The largest absolute Gasteiger partial charge is 0.494 e. The lowest BCUT2D eigenvalue weighted by atomic mass is 10.1. The molecule has 4 heteroatoms. The van der Waals surface area contributed by atoms with Crippen LogP contribution < -0.4 is 10.1 Å². The molecule has 18 heavy (non-hydrogen) atoms. The van der Waals surface area contributed by atoms with Gasteiger partial charge >= 0.3 is 0 Å². The van der Waals surface area contributed by atoms with Gasteiger partial charge in [-0.3, -0.25) is 0 Å². The smallest absolute Gasteiger partial charge is 0.120 e. The van der Waals surface area contributed by atoms with Crippen molar-refractivity contribution in [2.24, 2.45) is 7.05 Å². The Morgan fingerprint density at radius 2 is 2.22 bits per heavy atom. The van der Waals surface area contributed by atoms with E-state index in [0.717, 1.165) is 22.2 Å². The lowest BCUT2D eigenvalue weighted by Gasteiger charge is -2.09. The first kappa shape index (κ1) is 12.9. The van der Waals surface area contributed by atoms with Crippen molar-refractivity contribution in [2.45, 2.75) is 13.0 Å². The Balaban J connectivity index is 2.48. The standard InChI is InChI=1S/C14H20N2O2/c1-4-18-10-5-6-13-11(7-10)12(9-16(13)3)14(17)8-15-2/h5-7,9,14-15,17H,4,8H2,1-3H3. The minimum atomic E-state index is -0.504. The van der Waals surface area contributed by atoms with Crippen molar-refractivity contribution in [2.75, 3.05) is 20.2 Å². The van der Waals surface area contributed by atoms with Crippen LogP contribution in [0.1, 0.15) is 18.6 Å². The molecule has 2 aromatic rings. The van der Waals surface area contributed by atoms with Crippen molar-refractivity contribution in [3.05, 3.63) is 30.0 Å². The summed E-state index contributed by atoms with van der Waals surface area (Å²) in [6, 6.07) is 5.98. The van der Waals surface area contributed by atoms with Gasteiger partial charge in [-0.15, -0.1) is 0 Å². The summed E-state index contributed by atoms with van der Waals surface area (Å²) in [5.74, 6) is 0.842. The lowest BCUT2D eigenvalue weighted by Crippen LogP contribution is -2.16. The molecule has 2 rings (SSSR count). The van der Waals surface area contributed by atoms with Crippen LogP contribution in [-0.2, 0) is 7.05 Å². The summed E-state index contributed by atoms with van der Waals surface area (Å²) in [6.45, 7) is 3.15. The minimum absolute atomic E-state index is 0.504. The Labute approximate surface area is 107 Å². The van der Waals surface area contributed by atoms with E-state index < -0.39 is 6.10 Å². The highest BCUT2D eigenvalue weighted by Crippen LogP contribution is 2.29. The molecule has 0 aliphatic carbocycles. The molecule has 0 aliphatic rings. The van der Waals surface area contributed by atoms with Crippen LogP contribution in [0.5, 0.6) is 5.75 Å². The molecule has 0 aliphatic heterocycles. The Morgan fingerprint density at radius 1 is 1.44 bits per heavy atom. The van der Waals surface area contributed by atoms with Crippen LogP contribution in [0.4, 0.5) is 0 Å². The van der Waals surface area contributed by atoms with Gasteiger partial charge in [-0.25, -0.2) is 0 Å². The number of hydrogen-bond acceptors (Lipinski definition) is 3. The maximum atomic E-state index is 10.1. The lowest BCUT2D eigenvalue weighted by molar-refractivity contribution is 0.179. The van der Waals surface area contributed by atoms with Gasteiger partial charge in [0.1, 0.15) is 5.75 Å². The molecule has 0 saturated heterocycles. The average molecular weight is 248 g/mol. The van der Waals surface area contributed by atoms with Gasteiger partial charge in [-0.05, 0) is 32.2 Å². The number of aliphatic hydroxyl groups excluding tert-OH is 1. The Morgan fingerprint density at radius 3 is 2.89 bits per heavy atom. The number of nitrogens with zero attached hydrogens (tertiary/aromatic N) is 1. The number of aryl methyl sites for hydroxylation is 1. The second kappa shape index (κ2) is 5.42. The van der Waals surface area contributed by atoms with Gasteiger partial charge in [0.25, 0.3) is 0 Å². The summed E-state index contributed by atoms with van der Waals surface area (Å²) in [5.41, 5.74) is 2.03. The van der Waals surface area contributed by atoms with Gasteiger partial charge in [0, 0.05) is 36.3 Å². The Hall–Kier alpha value is -1.52. The van der Waals surface area contributed by atoms with E-state index in [-0.39, 0.29) is 0 Å². The molecule has 1 aromatic carbocycles. The van der Waals surface area contributed by atoms with Crippen molar-refractivity contribution >= 4 is 10.9 Å². The molecule has 1 heterocycles. The summed E-state index contributed by atoms with van der Waals surface area (Å²) in [5, 5.41) is 14.2. The third-order valence-electron chi connectivity index (χ3n) is 3.06. The summed E-state index contributed by atoms with van der Waals surface area (Å²) >= 11 is 0. The van der Waals surface area contributed by atoms with Gasteiger partial charge in [0.2, 0.25) is 0 Å². The number of aromatic nitrogens is 1. The van der Waals surface area contributed by atoms with Crippen molar-refractivity contribution in [3.63, 3.8) is 0 Å². The highest BCUT2D eigenvalue weighted by atomic mass is 16.5. The monoisotopic (exact) mass is 248 g/mol. The molecule has 0 saturated carbocycles. The average Bonchev–Trinajstić information content (AvgIpc) is 2.67. The molecule has 1 atom stereocenters. The predicted octanol–water partition coefficient (Wildman–Crippen LogP) is 1.83. The van der Waals surface area contributed by atoms with Crippen molar-refractivity contribution in [1.82, 2.24) is 9.88 Å². The zero-order chi connectivity index (χ0) is 13.1. The normalized spacial score (nSPS) is 12.9. The van der Waals surface area contributed by atoms with Gasteiger partial charge in [0.05, 0.1) is 12.7 Å². The third-order valence-corrected chi connectivity index (χ3v) is 3.06. The first-order valence-electron chi connectivity index (χ1n) is 6.21. The van der Waals surface area contributed by atoms with Crippen LogP contribution in [0.2, 0.25) is 0 Å². The number of nitrogens with one attached hydrogen (secondary N) is 1. The minimum Gasteiger partial charge on any atom is -0.494 e. The first-order valence-corrected chi connectivity index (χ1v) is 6.21. The number of likely N-dealkylation sites (N-methyl/N-ethyl adjacent to an activating group) is 1. The fourth-order valence-corrected chi connectivity index (χ4v) is 2.23. The SMILES string of the molecule is CCOc1ccc2c(c1)c(C(O)CNC)cn2C. The van der Waals surface area contributed by atoms with E-state index in [0.29, 0.717) is 13.2 Å². The number of hydrogen-bond donors (Lipinski definition) is 2. The van der Waals surface area contributed by atoms with Crippen LogP contribution in [0.25, 0.3) is 10.9 Å². The van der Waals surface area contributed by atoms with Gasteiger partial charge in [-0.2, -0.15) is 0 Å². The van der Waals surface area contributed by atoms with Crippen LogP contribution in [0.3, 0.4) is 0 Å². The highest BCUT2D eigenvalue weighted by Gasteiger charge is 2.14. The first-order chi connectivity index (χ1) is 8.67. The molecule has 2 N–H and O–H groups in total. The van der Waals surface area contributed by atoms with E-state index in [1.807, 2.05) is 50.0 Å². The van der Waals surface area contributed by atoms with Crippen molar-refractivity contribution in [3.8, 4) is 5.75 Å². The van der Waals surface area contributed by atoms with E-state index in [4.69, 9.17) is 4.74 Å². The molecule has 1 unspecified atom stereocenters. The van der Waals surface area contributed by atoms with E-state index in [1.54, 1.807) is 0 Å². The van der Waals surface area contributed by atoms with Gasteiger partial charge < -0.3 is 19.7 Å². The molecule has 98 valence electrons. The second-order valence-electron chi connectivity index (χ2n) is 4.38. The zero-order valence-corrected chi connectivity index (χ0v) is 11.1. The number of benzene rings is 1. The summed E-state index contributed by atoms with van der Waals surface area (Å²) < 4.78 is 7.54. The number of rotatable bonds is 5. The highest BCUT2D eigenvalue weighted by molar-refractivity contribution is 5.85. The molecule has 0 spiro atoms.